The number of nitrogens with two attached hydrogens (primary N) is 1. The van der Waals surface area contributed by atoms with Gasteiger partial charge in [0.1, 0.15) is 0 Å². The first-order valence-electron chi connectivity index (χ1n) is 4.48. The molecular weight excluding hydrogens is 220 g/mol. The Balaban J connectivity index is 4.24. The molecule has 0 unspecified atom stereocenters. The first kappa shape index (κ1) is 13.8. The number of hydrogen-bond donors (Lipinski definition) is 1. The third-order valence-electron chi connectivity index (χ3n) is 1.81. The molecule has 4 nitrogen and oxygen atoms in total. The van der Waals surface area contributed by atoms with E-state index in [0.29, 0.717) is 12.3 Å². The van der Waals surface area contributed by atoms with Crippen molar-refractivity contribution in [1.82, 2.24) is 4.31 Å². The Labute approximate surface area is 91.5 Å². The molecule has 84 valence electrons. The van der Waals surface area contributed by atoms with Crippen LogP contribution in [-0.2, 0) is 10.0 Å². The summed E-state index contributed by atoms with van der Waals surface area (Å²) in [6.45, 7) is 4.10. The SMILES string of the molecule is CC(C)CCS(=O)(=O)N(C)CC(N)=S. The third-order valence-corrected chi connectivity index (χ3v) is 3.77. The van der Waals surface area contributed by atoms with Crippen molar-refractivity contribution >= 4 is 27.2 Å². The minimum absolute atomic E-state index is 0.121. The number of thiocarbonyl (C=S) groups is 1. The van der Waals surface area contributed by atoms with Gasteiger partial charge in [-0.3, -0.25) is 0 Å². The second-order valence-electron chi connectivity index (χ2n) is 3.72. The highest BCUT2D eigenvalue weighted by Gasteiger charge is 2.18. The van der Waals surface area contributed by atoms with E-state index in [2.05, 4.69) is 12.2 Å². The second-order valence-corrected chi connectivity index (χ2v) is 6.44. The molecule has 0 spiro atoms. The van der Waals surface area contributed by atoms with Gasteiger partial charge < -0.3 is 5.73 Å². The summed E-state index contributed by atoms with van der Waals surface area (Å²) in [4.78, 5) is 0.195. The van der Waals surface area contributed by atoms with Gasteiger partial charge in [0.2, 0.25) is 10.0 Å². The van der Waals surface area contributed by atoms with Gasteiger partial charge in [0.15, 0.2) is 0 Å². The predicted octanol–water partition coefficient (Wildman–Crippen LogP) is 0.580. The molecule has 0 amide bonds. The Bertz CT molecular complexity index is 286. The van der Waals surface area contributed by atoms with Gasteiger partial charge in [0.25, 0.3) is 0 Å². The molecule has 0 atom stereocenters. The summed E-state index contributed by atoms with van der Waals surface area (Å²) in [6, 6.07) is 0. The molecule has 0 aliphatic carbocycles. The summed E-state index contributed by atoms with van der Waals surface area (Å²) in [6.07, 6.45) is 0.657. The van der Waals surface area contributed by atoms with Crippen molar-refractivity contribution in [2.45, 2.75) is 20.3 Å². The zero-order valence-electron chi connectivity index (χ0n) is 8.86. The normalized spacial score (nSPS) is 12.4. The van der Waals surface area contributed by atoms with Gasteiger partial charge in [-0.05, 0) is 12.3 Å². The quantitative estimate of drug-likeness (QED) is 0.688. The largest absolute Gasteiger partial charge is 0.392 e. The van der Waals surface area contributed by atoms with E-state index in [0.717, 1.165) is 0 Å². The van der Waals surface area contributed by atoms with Gasteiger partial charge in [-0.15, -0.1) is 0 Å². The lowest BCUT2D eigenvalue weighted by molar-refractivity contribution is 0.496. The van der Waals surface area contributed by atoms with Crippen molar-refractivity contribution in [3.05, 3.63) is 0 Å². The molecule has 0 bridgehead atoms. The van der Waals surface area contributed by atoms with E-state index in [9.17, 15) is 8.42 Å². The maximum absolute atomic E-state index is 11.6. The Morgan fingerprint density at radius 1 is 1.50 bits per heavy atom. The monoisotopic (exact) mass is 238 g/mol. The van der Waals surface area contributed by atoms with Gasteiger partial charge >= 0.3 is 0 Å². The minimum atomic E-state index is -3.18. The molecule has 0 aromatic heterocycles. The lowest BCUT2D eigenvalue weighted by Crippen LogP contribution is -2.36. The molecule has 0 rings (SSSR count). The molecule has 0 saturated heterocycles. The summed E-state index contributed by atoms with van der Waals surface area (Å²) in [5.74, 6) is 0.534. The Hall–Kier alpha value is -0.200. The molecule has 0 aliphatic rings. The third kappa shape index (κ3) is 5.51. The minimum Gasteiger partial charge on any atom is -0.392 e. The van der Waals surface area contributed by atoms with E-state index < -0.39 is 10.0 Å². The zero-order chi connectivity index (χ0) is 11.4. The van der Waals surface area contributed by atoms with Crippen molar-refractivity contribution in [3.8, 4) is 0 Å². The van der Waals surface area contributed by atoms with Gasteiger partial charge in [-0.25, -0.2) is 8.42 Å². The summed E-state index contributed by atoms with van der Waals surface area (Å²) in [5, 5.41) is 0. The predicted molar refractivity (Wildman–Crippen MR) is 62.7 cm³/mol. The first-order chi connectivity index (χ1) is 6.25. The van der Waals surface area contributed by atoms with Crippen LogP contribution in [0.2, 0.25) is 0 Å². The molecule has 0 aliphatic heterocycles. The lowest BCUT2D eigenvalue weighted by Gasteiger charge is -2.16. The van der Waals surface area contributed by atoms with Gasteiger partial charge in [0.05, 0.1) is 17.3 Å². The molecule has 0 fully saturated rings. The lowest BCUT2D eigenvalue weighted by atomic mass is 10.2. The van der Waals surface area contributed by atoms with Crippen LogP contribution < -0.4 is 5.73 Å². The highest BCUT2D eigenvalue weighted by molar-refractivity contribution is 7.89. The zero-order valence-corrected chi connectivity index (χ0v) is 10.5. The molecule has 0 aromatic carbocycles. The van der Waals surface area contributed by atoms with E-state index in [1.807, 2.05) is 13.8 Å². The molecule has 14 heavy (non-hydrogen) atoms. The number of likely N-dealkylation sites (N-methyl/N-ethyl adjacent to an activating group) is 1. The number of rotatable bonds is 6. The topological polar surface area (TPSA) is 63.4 Å². The molecule has 0 aromatic rings. The number of nitrogens with zero attached hydrogens (tertiary/aromatic N) is 1. The van der Waals surface area contributed by atoms with E-state index in [-0.39, 0.29) is 17.3 Å². The highest BCUT2D eigenvalue weighted by Crippen LogP contribution is 2.06. The molecular formula is C8H18N2O2S2. The van der Waals surface area contributed by atoms with E-state index in [1.165, 1.54) is 11.4 Å². The van der Waals surface area contributed by atoms with Crippen LogP contribution in [0.5, 0.6) is 0 Å². The van der Waals surface area contributed by atoms with Crippen LogP contribution in [0.15, 0.2) is 0 Å². The standard InChI is InChI=1S/C8H18N2O2S2/c1-7(2)4-5-14(11,12)10(3)6-8(9)13/h7H,4-6H2,1-3H3,(H2,9,13). The molecule has 0 heterocycles. The smallest absolute Gasteiger partial charge is 0.214 e. The maximum atomic E-state index is 11.6. The van der Waals surface area contributed by atoms with Crippen LogP contribution in [0.4, 0.5) is 0 Å². The molecule has 2 N–H and O–H groups in total. The fraction of sp³-hybridized carbons (Fsp3) is 0.875. The fourth-order valence-corrected chi connectivity index (χ4v) is 2.55. The molecule has 0 saturated carbocycles. The second kappa shape index (κ2) is 5.63. The highest BCUT2D eigenvalue weighted by atomic mass is 32.2. The van der Waals surface area contributed by atoms with E-state index >= 15 is 0 Å². The molecule has 0 radical (unpaired) electrons. The van der Waals surface area contributed by atoms with Crippen LogP contribution in [0.25, 0.3) is 0 Å². The van der Waals surface area contributed by atoms with Crippen LogP contribution in [0, 0.1) is 5.92 Å². The average molecular weight is 238 g/mol. The van der Waals surface area contributed by atoms with Crippen molar-refractivity contribution in [1.29, 1.82) is 0 Å². The van der Waals surface area contributed by atoms with Gasteiger partial charge in [0, 0.05) is 7.05 Å². The summed E-state index contributed by atoms with van der Waals surface area (Å²) >= 11 is 4.65. The summed E-state index contributed by atoms with van der Waals surface area (Å²) < 4.78 is 24.4. The Kier molecular flexibility index (Phi) is 5.54. The van der Waals surface area contributed by atoms with Crippen LogP contribution in [-0.4, -0.2) is 37.1 Å². The van der Waals surface area contributed by atoms with Crippen LogP contribution in [0.1, 0.15) is 20.3 Å². The van der Waals surface area contributed by atoms with Crippen molar-refractivity contribution in [2.75, 3.05) is 19.3 Å². The van der Waals surface area contributed by atoms with Crippen molar-refractivity contribution in [2.24, 2.45) is 11.7 Å². The van der Waals surface area contributed by atoms with Gasteiger partial charge in [-0.2, -0.15) is 4.31 Å². The van der Waals surface area contributed by atoms with Crippen LogP contribution in [0.3, 0.4) is 0 Å². The maximum Gasteiger partial charge on any atom is 0.214 e. The summed E-state index contributed by atoms with van der Waals surface area (Å²) in [5.41, 5.74) is 5.27. The number of sulfonamides is 1. The van der Waals surface area contributed by atoms with Gasteiger partial charge in [-0.1, -0.05) is 26.1 Å². The van der Waals surface area contributed by atoms with E-state index in [4.69, 9.17) is 5.73 Å². The van der Waals surface area contributed by atoms with Crippen molar-refractivity contribution in [3.63, 3.8) is 0 Å². The van der Waals surface area contributed by atoms with E-state index in [1.54, 1.807) is 0 Å². The van der Waals surface area contributed by atoms with Crippen molar-refractivity contribution < 1.29 is 8.42 Å². The first-order valence-corrected chi connectivity index (χ1v) is 6.49. The Morgan fingerprint density at radius 3 is 2.36 bits per heavy atom. The van der Waals surface area contributed by atoms with Crippen LogP contribution >= 0.6 is 12.2 Å². The molecule has 6 heteroatoms. The number of hydrogen-bond acceptors (Lipinski definition) is 3. The average Bonchev–Trinajstić information content (AvgIpc) is 1.99. The Morgan fingerprint density at radius 2 is 2.00 bits per heavy atom. The summed E-state index contributed by atoms with van der Waals surface area (Å²) in [7, 11) is -1.69. The fourth-order valence-electron chi connectivity index (χ4n) is 0.858.